The zero-order chi connectivity index (χ0) is 73.9. The maximum atomic E-state index is 10.1. The van der Waals surface area contributed by atoms with Gasteiger partial charge < -0.3 is 4.42 Å². The van der Waals surface area contributed by atoms with E-state index in [1.165, 1.54) is 30.3 Å². The van der Waals surface area contributed by atoms with Crippen LogP contribution in [-0.2, 0) is 0 Å². The van der Waals surface area contributed by atoms with Gasteiger partial charge in [-0.3, -0.25) is 4.98 Å². The zero-order valence-electron chi connectivity index (χ0n) is 67.8. The molecule has 0 N–H and O–H groups in total. The highest BCUT2D eigenvalue weighted by atomic mass is 16.3. The lowest BCUT2D eigenvalue weighted by atomic mass is 9.85. The third-order valence-electron chi connectivity index (χ3n) is 11.0. The van der Waals surface area contributed by atoms with E-state index in [2.05, 4.69) is 9.97 Å². The summed E-state index contributed by atoms with van der Waals surface area (Å²) in [4.78, 5) is 8.81. The number of furan rings is 1. The van der Waals surface area contributed by atoms with Crippen LogP contribution in [0.2, 0.25) is 0 Å². The molecular formula is C64H40N2O. The molecule has 0 radical (unpaired) electrons. The molecular weight excluding hydrogens is 813 g/mol. The number of hydrogen-bond acceptors (Lipinski definition) is 3. The largest absolute Gasteiger partial charge is 0.455 e. The molecule has 13 aromatic rings. The summed E-state index contributed by atoms with van der Waals surface area (Å²) in [6, 6.07) is -24.1. The summed E-state index contributed by atoms with van der Waals surface area (Å²) in [6.07, 6.45) is -0.680. The molecule has 3 nitrogen and oxygen atoms in total. The van der Waals surface area contributed by atoms with Gasteiger partial charge in [-0.15, -0.1) is 0 Å². The minimum absolute atomic E-state index is 0.0717. The Morgan fingerprint density at radius 2 is 0.806 bits per heavy atom. The van der Waals surface area contributed by atoms with E-state index in [4.69, 9.17) is 30.5 Å². The molecule has 3 aromatic heterocycles. The maximum absolute atomic E-state index is 10.1. The van der Waals surface area contributed by atoms with E-state index < -0.39 is 289 Å². The molecule has 10 aromatic carbocycles. The third kappa shape index (κ3) is 6.43. The van der Waals surface area contributed by atoms with E-state index in [0.29, 0.717) is 0 Å². The fraction of sp³-hybridized carbons (Fsp3) is 0. The van der Waals surface area contributed by atoms with Gasteiger partial charge in [0.25, 0.3) is 0 Å². The van der Waals surface area contributed by atoms with Gasteiger partial charge in [0.15, 0.2) is 0 Å². The summed E-state index contributed by atoms with van der Waals surface area (Å²) in [6.45, 7) is 0. The van der Waals surface area contributed by atoms with Gasteiger partial charge in [0.1, 0.15) is 11.5 Å². The van der Waals surface area contributed by atoms with E-state index in [9.17, 15) is 20.6 Å². The lowest BCUT2D eigenvalue weighted by Crippen LogP contribution is -1.91. The summed E-state index contributed by atoms with van der Waals surface area (Å²) in [5, 5.41) is -3.87. The van der Waals surface area contributed by atoms with Gasteiger partial charge in [-0.25, -0.2) is 4.98 Å². The smallest absolute Gasteiger partial charge is 0.144 e. The number of fused-ring (bicyclic) bond motifs is 6. The van der Waals surface area contributed by atoms with Crippen molar-refractivity contribution in [3.8, 4) is 78.4 Å². The first-order valence-corrected chi connectivity index (χ1v) is 20.0. The van der Waals surface area contributed by atoms with Crippen LogP contribution in [0.25, 0.3) is 133 Å². The quantitative estimate of drug-likeness (QED) is 0.118. The highest BCUT2D eigenvalue weighted by Crippen LogP contribution is 2.53. The van der Waals surface area contributed by atoms with Crippen molar-refractivity contribution < 1.29 is 51.0 Å². The molecule has 3 heteroatoms. The minimum atomic E-state index is -1.17. The van der Waals surface area contributed by atoms with Gasteiger partial charge in [-0.1, -0.05) is 224 Å². The molecule has 0 saturated heterocycles. The summed E-state index contributed by atoms with van der Waals surface area (Å²) in [7, 11) is 0. The van der Waals surface area contributed by atoms with Gasteiger partial charge in [-0.2, -0.15) is 0 Å². The minimum Gasteiger partial charge on any atom is -0.455 e. The molecule has 0 atom stereocenters. The van der Waals surface area contributed by atoms with Crippen molar-refractivity contribution in [1.82, 2.24) is 9.97 Å². The van der Waals surface area contributed by atoms with Crippen molar-refractivity contribution in [2.45, 2.75) is 0 Å². The van der Waals surface area contributed by atoms with Crippen LogP contribution in [-0.4, -0.2) is 9.97 Å². The first-order valence-electron chi connectivity index (χ1n) is 37.0. The number of pyridine rings is 2. The Morgan fingerprint density at radius 3 is 1.42 bits per heavy atom. The molecule has 0 aliphatic rings. The summed E-state index contributed by atoms with van der Waals surface area (Å²) in [5.74, 6) is -2.21. The number of nitrogens with zero attached hydrogens (tertiary/aromatic N) is 2. The molecule has 0 fully saturated rings. The van der Waals surface area contributed by atoms with E-state index >= 15 is 0 Å². The Bertz CT molecular complexity index is 5890. The number of benzene rings is 10. The summed E-state index contributed by atoms with van der Waals surface area (Å²) in [5.41, 5.74) is -8.90. The fourth-order valence-corrected chi connectivity index (χ4v) is 8.21. The monoisotopic (exact) mass is 887 g/mol. The van der Waals surface area contributed by atoms with Crippen LogP contribution < -0.4 is 0 Å². The lowest BCUT2D eigenvalue weighted by molar-refractivity contribution is 0.600. The molecule has 0 amide bonds. The van der Waals surface area contributed by atoms with Crippen molar-refractivity contribution in [2.24, 2.45) is 0 Å². The Hall–Kier alpha value is -8.92. The predicted molar refractivity (Wildman–Crippen MR) is 280 cm³/mol. The first-order chi connectivity index (χ1) is 47.4. The van der Waals surface area contributed by atoms with Crippen molar-refractivity contribution >= 4 is 54.1 Å². The second-order valence-corrected chi connectivity index (χ2v) is 14.6. The van der Waals surface area contributed by atoms with Crippen LogP contribution in [0.1, 0.15) is 46.6 Å². The fourth-order valence-electron chi connectivity index (χ4n) is 8.21. The standard InChI is InChI=1S/C64H40N2O/c1-4-17-42(18-5-1)57-52-26-12-14-28-54(52)60(55-29-15-13-27-53(55)57)64-59(44-21-8-3-9-22-44)58(43-19-6-2-7-20-43)63(67-64)47-34-30-41(31-35-47)48-37-38-51(50-25-11-10-24-49(48)50)56-39-36-46-33-32-45-23-16-40-65-61(45)62(46)66-56/h1-40H/i1D,2D,3D,4D,5D,6D,7D,8D,9D,12D,13D,14D,15D,16D,17D,18D,19D,20D,21D,22D,23D,26D,27D,28D,29D,30D,31D,32D,33D,34D,35D,36D,39D,40D. The molecule has 0 spiro atoms. The molecule has 0 saturated carbocycles. The summed E-state index contributed by atoms with van der Waals surface area (Å²) >= 11 is 0. The number of hydrogen-bond donors (Lipinski definition) is 0. The highest BCUT2D eigenvalue weighted by Gasteiger charge is 2.28. The third-order valence-corrected chi connectivity index (χ3v) is 11.0. The topological polar surface area (TPSA) is 38.9 Å². The molecule has 0 aliphatic heterocycles. The van der Waals surface area contributed by atoms with Crippen LogP contribution in [0.15, 0.2) is 246 Å². The number of rotatable bonds is 7. The highest BCUT2D eigenvalue weighted by molar-refractivity contribution is 6.23. The van der Waals surface area contributed by atoms with E-state index in [-0.39, 0.29) is 49.4 Å². The molecule has 13 rings (SSSR count). The second-order valence-electron chi connectivity index (χ2n) is 14.6. The van der Waals surface area contributed by atoms with E-state index in [1.54, 1.807) is 6.07 Å². The van der Waals surface area contributed by atoms with Gasteiger partial charge >= 0.3 is 0 Å². The lowest BCUT2D eigenvalue weighted by Gasteiger charge is -2.17. The predicted octanol–water partition coefficient (Wildman–Crippen LogP) is 17.5. The Kier molecular flexibility index (Phi) is 4.16. The molecule has 0 bridgehead atoms. The van der Waals surface area contributed by atoms with Crippen molar-refractivity contribution in [1.29, 1.82) is 0 Å². The normalized spacial score (nSPS) is 18.7. The van der Waals surface area contributed by atoms with Gasteiger partial charge in [-0.05, 0) is 77.8 Å². The van der Waals surface area contributed by atoms with E-state index in [1.807, 2.05) is 0 Å². The molecule has 3 heterocycles. The van der Waals surface area contributed by atoms with Gasteiger partial charge in [0, 0.05) is 44.8 Å². The summed E-state index contributed by atoms with van der Waals surface area (Å²) < 4.78 is 319. The van der Waals surface area contributed by atoms with Crippen molar-refractivity contribution in [2.75, 3.05) is 0 Å². The van der Waals surface area contributed by atoms with Crippen molar-refractivity contribution in [3.63, 3.8) is 0 Å². The van der Waals surface area contributed by atoms with Crippen LogP contribution >= 0.6 is 0 Å². The molecule has 0 aliphatic carbocycles. The molecule has 0 unspecified atom stereocenters. The maximum Gasteiger partial charge on any atom is 0.144 e. The van der Waals surface area contributed by atoms with E-state index in [0.717, 1.165) is 0 Å². The first kappa shape index (κ1) is 17.5. The molecule has 67 heavy (non-hydrogen) atoms. The van der Waals surface area contributed by atoms with Crippen molar-refractivity contribution in [3.05, 3.63) is 242 Å². The average Bonchev–Trinajstić information content (AvgIpc) is 1.68. The van der Waals surface area contributed by atoms with Crippen LogP contribution in [0.5, 0.6) is 0 Å². The van der Waals surface area contributed by atoms with Crippen LogP contribution in [0, 0.1) is 0 Å². The van der Waals surface area contributed by atoms with Crippen LogP contribution in [0.4, 0.5) is 0 Å². The average molecular weight is 887 g/mol. The zero-order valence-corrected chi connectivity index (χ0v) is 33.8. The van der Waals surface area contributed by atoms with Gasteiger partial charge in [0.2, 0.25) is 0 Å². The Morgan fingerprint density at radius 1 is 0.328 bits per heavy atom. The molecule has 312 valence electrons. The Balaban J connectivity index is 1.22. The van der Waals surface area contributed by atoms with Crippen LogP contribution in [0.3, 0.4) is 0 Å². The second kappa shape index (κ2) is 16.0. The number of aromatic nitrogens is 2. The van der Waals surface area contributed by atoms with Gasteiger partial charge in [0.05, 0.1) is 63.3 Å². The SMILES string of the molecule is [2H]c1nc2c(c([2H])c1[2H])c([2H])c([2H])c1c([2H])c([2H])c(-c3ccc(-c4c([2H])c([2H])c(-c5oc(-c6c7c([2H])c([2H])c([2H])c([2H])c7c(-c7c([2H])c([2H])c([2H])c([2H])c7[2H])c7c([2H])c([2H])c([2H])c([2H])c67)c(-c6c([2H])c([2H])c([2H])c([2H])c6[2H])c5-c5c([2H])c([2H])c([2H])c([2H])c5[2H])c([2H])c4[2H])c4ccccc34)nc12. The Labute approximate surface area is 435 Å².